The standard InChI is InChI=1S/C46H59N11O6/c1-25(2)39(52-45(60)61)43(58)55-20-8-10-36(55)41-48-30-15-12-27(22-32(30)50-41)34-17-18-35(57(34)29-14-19-38(47-24-29)54(5)6)28-13-16-31-33(23-28)51-42(49-31)37-11-9-21-56(37)44(59)40(26(3)4)53-46(62)63-7/h12-16,19,22-26,34-37,39-40,52H,8-11,17-18,20-21H2,1-7H3,(H,48,50)(H,49,51)(H,53,62)(H,60,61)/t34-,35-,36+,37+,39+,40+/m1/s1. The average Bonchev–Trinajstić information content (AvgIpc) is 4.12. The number of nitrogens with one attached hydrogen (secondary N) is 4. The van der Waals surface area contributed by atoms with Crippen molar-refractivity contribution in [2.75, 3.05) is 44.1 Å². The van der Waals surface area contributed by atoms with Crippen molar-refractivity contribution < 1.29 is 29.0 Å². The number of methoxy groups -OCH3 is 1. The van der Waals surface area contributed by atoms with Crippen LogP contribution in [-0.4, -0.2) is 110 Å². The maximum Gasteiger partial charge on any atom is 0.407 e. The van der Waals surface area contributed by atoms with E-state index in [4.69, 9.17) is 19.7 Å². The molecule has 4 amide bonds. The lowest BCUT2D eigenvalue weighted by atomic mass is 10.0. The number of amides is 4. The highest BCUT2D eigenvalue weighted by atomic mass is 16.5. The minimum atomic E-state index is -1.22. The third-order valence-corrected chi connectivity index (χ3v) is 13.0. The number of carbonyl (C=O) groups is 4. The van der Waals surface area contributed by atoms with Crippen LogP contribution in [0, 0.1) is 11.8 Å². The summed E-state index contributed by atoms with van der Waals surface area (Å²) < 4.78 is 4.82. The van der Waals surface area contributed by atoms with Crippen molar-refractivity contribution in [2.45, 2.75) is 102 Å². The number of imidazole rings is 2. The molecule has 0 bridgehead atoms. The Labute approximate surface area is 367 Å². The number of benzene rings is 2. The number of aromatic amines is 2. The number of H-pyrrole nitrogens is 2. The Morgan fingerprint density at radius 2 is 1.24 bits per heavy atom. The minimum absolute atomic E-state index is 0.00944. The second kappa shape index (κ2) is 17.8. The first-order valence-electron chi connectivity index (χ1n) is 22.1. The third kappa shape index (κ3) is 8.56. The van der Waals surface area contributed by atoms with Crippen LogP contribution in [0.25, 0.3) is 22.1 Å². The topological polar surface area (TPSA) is 205 Å². The van der Waals surface area contributed by atoms with Gasteiger partial charge in [0.25, 0.3) is 0 Å². The van der Waals surface area contributed by atoms with Gasteiger partial charge in [-0.2, -0.15) is 0 Å². The lowest BCUT2D eigenvalue weighted by molar-refractivity contribution is -0.136. The number of pyridine rings is 1. The molecule has 5 aromatic rings. The summed E-state index contributed by atoms with van der Waals surface area (Å²) >= 11 is 0. The van der Waals surface area contributed by atoms with E-state index in [2.05, 4.69) is 61.9 Å². The summed E-state index contributed by atoms with van der Waals surface area (Å²) in [6.45, 7) is 8.61. The quantitative estimate of drug-likeness (QED) is 0.0865. The number of hydrogen-bond acceptors (Lipinski definition) is 10. The van der Waals surface area contributed by atoms with Crippen molar-refractivity contribution in [1.82, 2.24) is 45.4 Å². The highest BCUT2D eigenvalue weighted by molar-refractivity contribution is 5.87. The number of carboxylic acid groups (broad SMARTS) is 1. The minimum Gasteiger partial charge on any atom is -0.465 e. The van der Waals surface area contributed by atoms with E-state index in [-0.39, 0.29) is 47.8 Å². The first-order chi connectivity index (χ1) is 30.2. The maximum absolute atomic E-state index is 13.8. The van der Waals surface area contributed by atoms with Gasteiger partial charge in [0.05, 0.1) is 65.2 Å². The van der Waals surface area contributed by atoms with Crippen LogP contribution in [0.15, 0.2) is 54.7 Å². The molecule has 0 aliphatic carbocycles. The van der Waals surface area contributed by atoms with Gasteiger partial charge in [-0.1, -0.05) is 39.8 Å². The molecule has 3 aliphatic heterocycles. The molecule has 2 aromatic carbocycles. The van der Waals surface area contributed by atoms with Crippen LogP contribution < -0.4 is 20.4 Å². The van der Waals surface area contributed by atoms with Crippen molar-refractivity contribution in [3.8, 4) is 0 Å². The molecule has 3 aliphatic rings. The third-order valence-electron chi connectivity index (χ3n) is 13.0. The number of likely N-dealkylation sites (tertiary alicyclic amines) is 2. The van der Waals surface area contributed by atoms with Crippen molar-refractivity contribution in [3.05, 3.63) is 77.5 Å². The molecule has 0 radical (unpaired) electrons. The fourth-order valence-corrected chi connectivity index (χ4v) is 9.78. The molecule has 0 unspecified atom stereocenters. The van der Waals surface area contributed by atoms with Crippen LogP contribution in [0.1, 0.15) is 113 Å². The molecule has 17 nitrogen and oxygen atoms in total. The first kappa shape index (κ1) is 43.3. The predicted octanol–water partition coefficient (Wildman–Crippen LogP) is 6.98. The van der Waals surface area contributed by atoms with Crippen LogP contribution in [0.2, 0.25) is 0 Å². The van der Waals surface area contributed by atoms with Gasteiger partial charge in [0.1, 0.15) is 29.6 Å². The summed E-state index contributed by atoms with van der Waals surface area (Å²) in [6.07, 6.45) is 4.99. The van der Waals surface area contributed by atoms with Gasteiger partial charge in [-0.3, -0.25) is 9.59 Å². The van der Waals surface area contributed by atoms with E-state index in [1.54, 1.807) is 4.90 Å². The molecule has 3 aromatic heterocycles. The van der Waals surface area contributed by atoms with Gasteiger partial charge in [0.2, 0.25) is 11.8 Å². The number of rotatable bonds is 12. The number of hydrogen-bond donors (Lipinski definition) is 5. The van der Waals surface area contributed by atoms with Gasteiger partial charge in [-0.25, -0.2) is 24.5 Å². The van der Waals surface area contributed by atoms with E-state index in [0.717, 1.165) is 89.0 Å². The Morgan fingerprint density at radius 1 is 0.730 bits per heavy atom. The fourth-order valence-electron chi connectivity index (χ4n) is 9.78. The Morgan fingerprint density at radius 3 is 1.67 bits per heavy atom. The average molecular weight is 862 g/mol. The van der Waals surface area contributed by atoms with Gasteiger partial charge in [-0.15, -0.1) is 0 Å². The number of anilines is 2. The van der Waals surface area contributed by atoms with Crippen molar-refractivity contribution in [3.63, 3.8) is 0 Å². The number of aromatic nitrogens is 5. The fraction of sp³-hybridized carbons (Fsp3) is 0.500. The van der Waals surface area contributed by atoms with E-state index < -0.39 is 24.3 Å². The SMILES string of the molecule is COC(=O)N[C@H](C(=O)N1CCC[C@H]1c1nc2ccc([C@H]3CC[C@H](c4ccc5nc([C@@H]6CCCN6C(=O)[C@@H](NC(=O)O)C(C)C)[nH]c5c4)N3c3ccc(N(C)C)nc3)cc2[nH]1)C(C)C. The molecule has 6 heterocycles. The van der Waals surface area contributed by atoms with Crippen LogP contribution >= 0.6 is 0 Å². The summed E-state index contributed by atoms with van der Waals surface area (Å²) in [7, 11) is 5.25. The van der Waals surface area contributed by atoms with E-state index in [0.29, 0.717) is 18.9 Å². The zero-order valence-electron chi connectivity index (χ0n) is 37.1. The van der Waals surface area contributed by atoms with Crippen LogP contribution in [0.3, 0.4) is 0 Å². The maximum atomic E-state index is 13.8. The normalized spacial score (nSPS) is 21.1. The highest BCUT2D eigenvalue weighted by Gasteiger charge is 2.40. The van der Waals surface area contributed by atoms with Crippen LogP contribution in [0.5, 0.6) is 0 Å². The van der Waals surface area contributed by atoms with E-state index >= 15 is 0 Å². The van der Waals surface area contributed by atoms with Crippen LogP contribution in [-0.2, 0) is 14.3 Å². The Hall–Kier alpha value is -6.39. The van der Waals surface area contributed by atoms with Crippen molar-refractivity contribution in [1.29, 1.82) is 0 Å². The highest BCUT2D eigenvalue weighted by Crippen LogP contribution is 2.48. The number of ether oxygens (including phenoxy) is 1. The second-order valence-electron chi connectivity index (χ2n) is 18.0. The van der Waals surface area contributed by atoms with Crippen LogP contribution in [0.4, 0.5) is 21.1 Å². The molecular formula is C46H59N11O6. The van der Waals surface area contributed by atoms with Gasteiger partial charge < -0.3 is 50.0 Å². The summed E-state index contributed by atoms with van der Waals surface area (Å²) in [5.74, 6) is 1.57. The van der Waals surface area contributed by atoms with Crippen molar-refractivity contribution >= 4 is 57.6 Å². The van der Waals surface area contributed by atoms with Crippen molar-refractivity contribution in [2.24, 2.45) is 11.8 Å². The Bertz CT molecular complexity index is 2480. The molecule has 8 rings (SSSR count). The lowest BCUT2D eigenvalue weighted by Crippen LogP contribution is -2.51. The molecule has 6 atom stereocenters. The van der Waals surface area contributed by atoms with E-state index in [9.17, 15) is 24.3 Å². The molecule has 17 heteroatoms. The molecule has 3 fully saturated rings. The van der Waals surface area contributed by atoms with Gasteiger partial charge in [-0.05, 0) is 97.9 Å². The van der Waals surface area contributed by atoms with Gasteiger partial charge in [0.15, 0.2) is 0 Å². The number of nitrogens with zero attached hydrogens (tertiary/aromatic N) is 7. The summed E-state index contributed by atoms with van der Waals surface area (Å²) in [4.78, 5) is 81.2. The molecular weight excluding hydrogens is 803 g/mol. The lowest BCUT2D eigenvalue weighted by Gasteiger charge is -2.33. The summed E-state index contributed by atoms with van der Waals surface area (Å²) in [5.41, 5.74) is 6.65. The van der Waals surface area contributed by atoms with E-state index in [1.165, 1.54) is 7.11 Å². The Balaban J connectivity index is 1.08. The van der Waals surface area contributed by atoms with Gasteiger partial charge in [0, 0.05) is 27.2 Å². The van der Waals surface area contributed by atoms with Gasteiger partial charge >= 0.3 is 12.2 Å². The second-order valence-corrected chi connectivity index (χ2v) is 18.0. The monoisotopic (exact) mass is 861 g/mol. The number of carbonyl (C=O) groups excluding carboxylic acids is 3. The smallest absolute Gasteiger partial charge is 0.407 e. The molecule has 0 saturated carbocycles. The predicted molar refractivity (Wildman–Crippen MR) is 239 cm³/mol. The Kier molecular flexibility index (Phi) is 12.2. The van der Waals surface area contributed by atoms with E-state index in [1.807, 2.05) is 69.9 Å². The summed E-state index contributed by atoms with van der Waals surface area (Å²) in [6, 6.07) is 14.8. The molecule has 3 saturated heterocycles. The largest absolute Gasteiger partial charge is 0.465 e. The summed E-state index contributed by atoms with van der Waals surface area (Å²) in [5, 5.41) is 14.6. The molecule has 334 valence electrons. The zero-order valence-corrected chi connectivity index (χ0v) is 37.1. The zero-order chi connectivity index (χ0) is 44.7. The molecule has 0 spiro atoms. The number of fused-ring (bicyclic) bond motifs is 2. The number of alkyl carbamates (subject to hydrolysis) is 1. The molecule has 63 heavy (non-hydrogen) atoms. The molecule has 5 N–H and O–H groups in total. The first-order valence-corrected chi connectivity index (χ1v) is 22.1.